The number of nitrogens with one attached hydrogen (secondary N) is 2. The van der Waals surface area contributed by atoms with E-state index in [-0.39, 0.29) is 21.8 Å². The highest BCUT2D eigenvalue weighted by molar-refractivity contribution is 9.10. The summed E-state index contributed by atoms with van der Waals surface area (Å²) in [5.74, 6) is -0.964. The molecule has 0 saturated heterocycles. The fourth-order valence-electron chi connectivity index (χ4n) is 3.11. The van der Waals surface area contributed by atoms with E-state index in [0.717, 1.165) is 18.9 Å². The van der Waals surface area contributed by atoms with E-state index >= 15 is 0 Å². The molecular weight excluding hydrogens is 560 g/mol. The zero-order valence-electron chi connectivity index (χ0n) is 17.3. The van der Waals surface area contributed by atoms with Gasteiger partial charge in [0.1, 0.15) is 5.82 Å². The number of rotatable bonds is 7. The predicted octanol–water partition coefficient (Wildman–Crippen LogP) is 7.67. The lowest BCUT2D eigenvalue weighted by molar-refractivity contribution is -0.348. The van der Waals surface area contributed by atoms with Crippen LogP contribution in [-0.2, 0) is 5.67 Å². The molecule has 2 aromatic carbocycles. The molecule has 13 heteroatoms. The van der Waals surface area contributed by atoms with Gasteiger partial charge in [0.25, 0.3) is 5.91 Å². The maximum Gasteiger partial charge on any atom is 0.435 e. The van der Waals surface area contributed by atoms with Crippen molar-refractivity contribution in [1.82, 2.24) is 0 Å². The zero-order chi connectivity index (χ0) is 25.5. The lowest BCUT2D eigenvalue weighted by atomic mass is 9.94. The Bertz CT molecular complexity index is 1070. The summed E-state index contributed by atoms with van der Waals surface area (Å²) in [6.45, 7) is 0.523. The van der Waals surface area contributed by atoms with E-state index in [1.807, 2.05) is 0 Å². The molecule has 0 spiro atoms. The zero-order valence-corrected chi connectivity index (χ0v) is 19.7. The average Bonchev–Trinajstić information content (AvgIpc) is 3.56. The number of alkyl halides is 7. The Kier molecular flexibility index (Phi) is 7.47. The normalized spacial score (nSPS) is 14.8. The molecule has 0 unspecified atom stereocenters. The Morgan fingerprint density at radius 2 is 1.68 bits per heavy atom. The minimum Gasteiger partial charge on any atom is -0.382 e. The summed E-state index contributed by atoms with van der Waals surface area (Å²) in [6, 6.07) is 4.19. The molecule has 0 radical (unpaired) electrons. The third-order valence-corrected chi connectivity index (χ3v) is 6.59. The third-order valence-electron chi connectivity index (χ3n) is 5.20. The molecule has 1 amide bonds. The average molecular weight is 577 g/mol. The van der Waals surface area contributed by atoms with Crippen molar-refractivity contribution in [2.24, 2.45) is 5.92 Å². The minimum absolute atomic E-state index is 0.00634. The van der Waals surface area contributed by atoms with Gasteiger partial charge in [-0.2, -0.15) is 26.3 Å². The molecule has 34 heavy (non-hydrogen) atoms. The molecule has 1 aliphatic rings. The summed E-state index contributed by atoms with van der Waals surface area (Å²) < 4.78 is 107. The molecule has 1 aliphatic carbocycles. The predicted molar refractivity (Wildman–Crippen MR) is 116 cm³/mol. The van der Waals surface area contributed by atoms with Gasteiger partial charge in [-0.25, -0.2) is 8.78 Å². The Labute approximate surface area is 201 Å². The second-order valence-corrected chi connectivity index (χ2v) is 9.36. The van der Waals surface area contributed by atoms with Gasteiger partial charge in [-0.05, 0) is 71.3 Å². The van der Waals surface area contributed by atoms with E-state index in [2.05, 4.69) is 26.6 Å². The number of carbonyl (C=O) groups is 1. The van der Waals surface area contributed by atoms with Crippen molar-refractivity contribution >= 4 is 45.0 Å². The fraction of sp³-hybridized carbons (Fsp3) is 0.381. The molecule has 3 nitrogen and oxygen atoms in total. The number of hydrogen-bond donors (Lipinski definition) is 2. The fourth-order valence-corrected chi connectivity index (χ4v) is 4.42. The van der Waals surface area contributed by atoms with Crippen LogP contribution in [-0.4, -0.2) is 31.1 Å². The van der Waals surface area contributed by atoms with Gasteiger partial charge in [0.15, 0.2) is 0 Å². The molecule has 0 heterocycles. The molecule has 0 aromatic heterocycles. The smallest absolute Gasteiger partial charge is 0.382 e. The third kappa shape index (κ3) is 5.29. The SMILES string of the molecule is CSc1cc(C(F)(C(F)(F)F)C(F)(F)F)cc(Br)c1NC(=O)c1ccc(F)c(NCC2CC2)c1. The van der Waals surface area contributed by atoms with Crippen molar-refractivity contribution in [3.05, 3.63) is 51.7 Å². The van der Waals surface area contributed by atoms with E-state index in [1.165, 1.54) is 18.4 Å². The molecule has 0 atom stereocenters. The van der Waals surface area contributed by atoms with Gasteiger partial charge in [-0.1, -0.05) is 0 Å². The van der Waals surface area contributed by atoms with Gasteiger partial charge in [-0.3, -0.25) is 4.79 Å². The quantitative estimate of drug-likeness (QED) is 0.262. The molecule has 1 saturated carbocycles. The number of halogens is 9. The standard InChI is InChI=1S/C21H17BrF8N2OS/c1-34-16-8-12(19(24,20(25,26)27)21(28,29)30)7-13(22)17(16)32-18(33)11-4-5-14(23)15(6-11)31-9-10-2-3-10/h4-8,10,31H,2-3,9H2,1H3,(H,32,33). The highest BCUT2D eigenvalue weighted by Gasteiger charge is 2.73. The van der Waals surface area contributed by atoms with E-state index in [1.54, 1.807) is 0 Å². The summed E-state index contributed by atoms with van der Waals surface area (Å²) in [5.41, 5.74) is -7.39. The molecule has 2 aromatic rings. The van der Waals surface area contributed by atoms with Crippen molar-refractivity contribution in [3.8, 4) is 0 Å². The first kappa shape index (κ1) is 26.6. The molecular formula is C21H17BrF8N2OS. The van der Waals surface area contributed by atoms with E-state index in [4.69, 9.17) is 0 Å². The Morgan fingerprint density at radius 3 is 2.21 bits per heavy atom. The molecule has 1 fully saturated rings. The minimum atomic E-state index is -6.27. The first-order valence-electron chi connectivity index (χ1n) is 9.74. The number of amides is 1. The van der Waals surface area contributed by atoms with Crippen LogP contribution >= 0.6 is 27.7 Å². The van der Waals surface area contributed by atoms with E-state index in [9.17, 15) is 39.9 Å². The monoisotopic (exact) mass is 576 g/mol. The highest BCUT2D eigenvalue weighted by Crippen LogP contribution is 2.54. The van der Waals surface area contributed by atoms with Crippen LogP contribution < -0.4 is 10.6 Å². The van der Waals surface area contributed by atoms with Crippen LogP contribution in [0.2, 0.25) is 0 Å². The summed E-state index contributed by atoms with van der Waals surface area (Å²) in [6.07, 6.45) is -9.19. The molecule has 0 aliphatic heterocycles. The van der Waals surface area contributed by atoms with Crippen LogP contribution in [0, 0.1) is 11.7 Å². The van der Waals surface area contributed by atoms with Crippen LogP contribution in [0.15, 0.2) is 39.7 Å². The summed E-state index contributed by atoms with van der Waals surface area (Å²) in [5, 5.41) is 5.28. The Hall–Kier alpha value is -2.02. The molecule has 2 N–H and O–H groups in total. The first-order chi connectivity index (χ1) is 15.7. The van der Waals surface area contributed by atoms with Crippen molar-refractivity contribution < 1.29 is 39.9 Å². The van der Waals surface area contributed by atoms with Crippen LogP contribution in [0.5, 0.6) is 0 Å². The largest absolute Gasteiger partial charge is 0.435 e. The number of thioether (sulfide) groups is 1. The van der Waals surface area contributed by atoms with Crippen molar-refractivity contribution in [1.29, 1.82) is 0 Å². The second-order valence-electron chi connectivity index (χ2n) is 7.66. The van der Waals surface area contributed by atoms with Gasteiger partial charge in [0, 0.05) is 27.0 Å². The lowest BCUT2D eigenvalue weighted by Crippen LogP contribution is -2.50. The van der Waals surface area contributed by atoms with Crippen molar-refractivity contribution in [3.63, 3.8) is 0 Å². The maximum absolute atomic E-state index is 14.5. The number of hydrogen-bond acceptors (Lipinski definition) is 3. The van der Waals surface area contributed by atoms with Gasteiger partial charge < -0.3 is 10.6 Å². The summed E-state index contributed by atoms with van der Waals surface area (Å²) in [7, 11) is 0. The molecule has 0 bridgehead atoms. The van der Waals surface area contributed by atoms with Crippen LogP contribution in [0.4, 0.5) is 46.5 Å². The van der Waals surface area contributed by atoms with E-state index < -0.39 is 39.8 Å². The molecule has 186 valence electrons. The van der Waals surface area contributed by atoms with Gasteiger partial charge in [-0.15, -0.1) is 11.8 Å². The first-order valence-corrected chi connectivity index (χ1v) is 11.8. The lowest BCUT2D eigenvalue weighted by Gasteiger charge is -2.31. The number of anilines is 2. The summed E-state index contributed by atoms with van der Waals surface area (Å²) >= 11 is 3.54. The van der Waals surface area contributed by atoms with Gasteiger partial charge in [0.05, 0.1) is 11.4 Å². The van der Waals surface area contributed by atoms with Crippen LogP contribution in [0.1, 0.15) is 28.8 Å². The Balaban J connectivity index is 1.94. The second kappa shape index (κ2) is 9.56. The Morgan fingerprint density at radius 1 is 1.06 bits per heavy atom. The van der Waals surface area contributed by atoms with Gasteiger partial charge >= 0.3 is 18.0 Å². The number of carbonyl (C=O) groups excluding carboxylic acids is 1. The van der Waals surface area contributed by atoms with Crippen molar-refractivity contribution in [2.75, 3.05) is 23.4 Å². The maximum atomic E-state index is 14.5. The van der Waals surface area contributed by atoms with Gasteiger partial charge in [0.2, 0.25) is 0 Å². The summed E-state index contributed by atoms with van der Waals surface area (Å²) in [4.78, 5) is 12.5. The topological polar surface area (TPSA) is 41.1 Å². The van der Waals surface area contributed by atoms with Crippen LogP contribution in [0.3, 0.4) is 0 Å². The highest BCUT2D eigenvalue weighted by atomic mass is 79.9. The number of benzene rings is 2. The van der Waals surface area contributed by atoms with Crippen LogP contribution in [0.25, 0.3) is 0 Å². The van der Waals surface area contributed by atoms with E-state index in [0.29, 0.717) is 36.4 Å². The van der Waals surface area contributed by atoms with Crippen molar-refractivity contribution in [2.45, 2.75) is 35.8 Å². The molecule has 3 rings (SSSR count).